The van der Waals surface area contributed by atoms with Crippen LogP contribution in [0.5, 0.6) is 0 Å². The number of aryl methyl sites for hydroxylation is 1. The van der Waals surface area contributed by atoms with Gasteiger partial charge in [0.2, 0.25) is 0 Å². The molecule has 0 radical (unpaired) electrons. The highest BCUT2D eigenvalue weighted by atomic mass is 127. The molecule has 0 spiro atoms. The molecule has 0 aliphatic carbocycles. The van der Waals surface area contributed by atoms with Gasteiger partial charge in [0.25, 0.3) is 0 Å². The highest BCUT2D eigenvalue weighted by Crippen LogP contribution is 2.20. The van der Waals surface area contributed by atoms with Crippen molar-refractivity contribution >= 4 is 62.9 Å². The maximum atomic E-state index is 5.83. The zero-order valence-corrected chi connectivity index (χ0v) is 15.1. The fourth-order valence-corrected chi connectivity index (χ4v) is 2.80. The molecule has 1 heterocycles. The SMILES string of the molecule is Cc1ccc(NC(N)=NCc2cc(Br)cs2)cc1.I. The van der Waals surface area contributed by atoms with Crippen molar-refractivity contribution in [3.63, 3.8) is 0 Å². The van der Waals surface area contributed by atoms with Crippen molar-refractivity contribution < 1.29 is 0 Å². The van der Waals surface area contributed by atoms with Gasteiger partial charge >= 0.3 is 0 Å². The van der Waals surface area contributed by atoms with Crippen molar-refractivity contribution in [2.24, 2.45) is 10.7 Å². The van der Waals surface area contributed by atoms with Gasteiger partial charge in [-0.05, 0) is 41.1 Å². The molecule has 0 saturated heterocycles. The number of anilines is 1. The smallest absolute Gasteiger partial charge is 0.193 e. The lowest BCUT2D eigenvalue weighted by Crippen LogP contribution is -2.22. The van der Waals surface area contributed by atoms with Gasteiger partial charge in [0.05, 0.1) is 6.54 Å². The highest BCUT2D eigenvalue weighted by molar-refractivity contribution is 14.0. The van der Waals surface area contributed by atoms with Crippen molar-refractivity contribution in [1.29, 1.82) is 0 Å². The van der Waals surface area contributed by atoms with Crippen molar-refractivity contribution in [1.82, 2.24) is 0 Å². The van der Waals surface area contributed by atoms with Crippen LogP contribution in [0.15, 0.2) is 45.2 Å². The normalized spacial score (nSPS) is 10.9. The average molecular weight is 452 g/mol. The van der Waals surface area contributed by atoms with Crippen LogP contribution in [0.25, 0.3) is 0 Å². The number of thiophene rings is 1. The lowest BCUT2D eigenvalue weighted by Gasteiger charge is -2.05. The Morgan fingerprint density at radius 2 is 2.05 bits per heavy atom. The number of nitrogens with one attached hydrogen (secondary N) is 1. The van der Waals surface area contributed by atoms with Gasteiger partial charge in [-0.25, -0.2) is 4.99 Å². The molecule has 19 heavy (non-hydrogen) atoms. The van der Waals surface area contributed by atoms with E-state index in [2.05, 4.69) is 33.2 Å². The molecule has 6 heteroatoms. The fraction of sp³-hybridized carbons (Fsp3) is 0.154. The zero-order chi connectivity index (χ0) is 13.0. The summed E-state index contributed by atoms with van der Waals surface area (Å²) in [5.74, 6) is 0.434. The Morgan fingerprint density at radius 1 is 1.37 bits per heavy atom. The molecule has 1 aromatic heterocycles. The number of benzene rings is 1. The maximum Gasteiger partial charge on any atom is 0.193 e. The van der Waals surface area contributed by atoms with Crippen molar-refractivity contribution in [3.05, 3.63) is 50.6 Å². The van der Waals surface area contributed by atoms with Crippen molar-refractivity contribution in [2.75, 3.05) is 5.32 Å². The van der Waals surface area contributed by atoms with Gasteiger partial charge in [0, 0.05) is 20.4 Å². The standard InChI is InChI=1S/C13H14BrN3S.HI/c1-9-2-4-11(5-3-9)17-13(15)16-7-12-6-10(14)8-18-12;/h2-6,8H,7H2,1H3,(H3,15,16,17);1H. The Kier molecular flexibility index (Phi) is 6.81. The largest absolute Gasteiger partial charge is 0.370 e. The molecule has 102 valence electrons. The first kappa shape index (κ1) is 16.5. The van der Waals surface area contributed by atoms with E-state index in [1.165, 1.54) is 10.4 Å². The number of halogens is 2. The summed E-state index contributed by atoms with van der Waals surface area (Å²) in [5, 5.41) is 5.10. The van der Waals surface area contributed by atoms with Gasteiger partial charge < -0.3 is 11.1 Å². The number of nitrogens with zero attached hydrogens (tertiary/aromatic N) is 1. The molecular formula is C13H15BrIN3S. The third-order valence-electron chi connectivity index (χ3n) is 2.35. The summed E-state index contributed by atoms with van der Waals surface area (Å²) in [7, 11) is 0. The molecule has 0 bridgehead atoms. The van der Waals surface area contributed by atoms with Gasteiger partial charge in [-0.15, -0.1) is 35.3 Å². The maximum absolute atomic E-state index is 5.83. The molecule has 3 nitrogen and oxygen atoms in total. The van der Waals surface area contributed by atoms with Gasteiger partial charge in [-0.1, -0.05) is 17.7 Å². The first-order valence-corrected chi connectivity index (χ1v) is 7.17. The second kappa shape index (κ2) is 7.86. The summed E-state index contributed by atoms with van der Waals surface area (Å²) in [4.78, 5) is 5.47. The lowest BCUT2D eigenvalue weighted by molar-refractivity contribution is 1.09. The summed E-state index contributed by atoms with van der Waals surface area (Å²) in [6.45, 7) is 2.65. The molecule has 0 aliphatic heterocycles. The van der Waals surface area contributed by atoms with E-state index in [4.69, 9.17) is 5.73 Å². The predicted octanol–water partition coefficient (Wildman–Crippen LogP) is 4.36. The van der Waals surface area contributed by atoms with Crippen LogP contribution in [-0.4, -0.2) is 5.96 Å². The third-order valence-corrected chi connectivity index (χ3v) is 4.03. The summed E-state index contributed by atoms with van der Waals surface area (Å²) in [6, 6.07) is 10.1. The van der Waals surface area contributed by atoms with Crippen LogP contribution in [0.2, 0.25) is 0 Å². The number of guanidine groups is 1. The second-order valence-electron chi connectivity index (χ2n) is 3.92. The molecule has 0 amide bonds. The van der Waals surface area contributed by atoms with Crippen molar-refractivity contribution in [3.8, 4) is 0 Å². The van der Waals surface area contributed by atoms with E-state index >= 15 is 0 Å². The van der Waals surface area contributed by atoms with Gasteiger partial charge in [0.1, 0.15) is 0 Å². The Morgan fingerprint density at radius 3 is 2.63 bits per heavy atom. The summed E-state index contributed by atoms with van der Waals surface area (Å²) < 4.78 is 1.09. The van der Waals surface area contributed by atoms with E-state index in [0.717, 1.165) is 10.2 Å². The molecule has 1 aromatic carbocycles. The number of hydrogen-bond acceptors (Lipinski definition) is 2. The van der Waals surface area contributed by atoms with E-state index in [0.29, 0.717) is 12.5 Å². The van der Waals surface area contributed by atoms with Crippen molar-refractivity contribution in [2.45, 2.75) is 13.5 Å². The number of rotatable bonds is 3. The Bertz CT molecular complexity index is 551. The number of nitrogens with two attached hydrogens (primary N) is 1. The molecule has 0 fully saturated rings. The van der Waals surface area contributed by atoms with Gasteiger partial charge in [0.15, 0.2) is 5.96 Å². The van der Waals surface area contributed by atoms with E-state index in [1.54, 1.807) is 11.3 Å². The van der Waals surface area contributed by atoms with Crippen LogP contribution < -0.4 is 11.1 Å². The lowest BCUT2D eigenvalue weighted by atomic mass is 10.2. The molecular weight excluding hydrogens is 437 g/mol. The molecule has 0 saturated carbocycles. The second-order valence-corrected chi connectivity index (χ2v) is 5.84. The van der Waals surface area contributed by atoms with E-state index in [1.807, 2.05) is 35.7 Å². The minimum Gasteiger partial charge on any atom is -0.370 e. The third kappa shape index (κ3) is 5.50. The summed E-state index contributed by atoms with van der Waals surface area (Å²) in [5.41, 5.74) is 8.00. The number of hydrogen-bond donors (Lipinski definition) is 2. The highest BCUT2D eigenvalue weighted by Gasteiger charge is 1.98. The predicted molar refractivity (Wildman–Crippen MR) is 97.6 cm³/mol. The van der Waals surface area contributed by atoms with E-state index < -0.39 is 0 Å². The topological polar surface area (TPSA) is 50.4 Å². The zero-order valence-electron chi connectivity index (χ0n) is 10.4. The fourth-order valence-electron chi connectivity index (χ4n) is 1.42. The Balaban J connectivity index is 0.00000180. The van der Waals surface area contributed by atoms with Gasteiger partial charge in [-0.3, -0.25) is 0 Å². The molecule has 2 aromatic rings. The van der Waals surface area contributed by atoms with Gasteiger partial charge in [-0.2, -0.15) is 0 Å². The summed E-state index contributed by atoms with van der Waals surface area (Å²) in [6.07, 6.45) is 0. The quantitative estimate of drug-likeness (QED) is 0.413. The number of aliphatic imine (C=N–C) groups is 1. The minimum atomic E-state index is 0. The minimum absolute atomic E-state index is 0. The van der Waals surface area contributed by atoms with E-state index in [-0.39, 0.29) is 24.0 Å². The van der Waals surface area contributed by atoms with Crippen LogP contribution in [0.4, 0.5) is 5.69 Å². The molecule has 0 atom stereocenters. The Labute approximate surface area is 142 Å². The first-order chi connectivity index (χ1) is 8.63. The van der Waals surface area contributed by atoms with E-state index in [9.17, 15) is 0 Å². The van der Waals surface area contributed by atoms with Crippen LogP contribution in [0.3, 0.4) is 0 Å². The molecule has 2 rings (SSSR count). The molecule has 0 aliphatic rings. The van der Waals surface area contributed by atoms with Crippen LogP contribution in [0, 0.1) is 6.92 Å². The van der Waals surface area contributed by atoms with Crippen LogP contribution in [0.1, 0.15) is 10.4 Å². The summed E-state index contributed by atoms with van der Waals surface area (Å²) >= 11 is 5.08. The monoisotopic (exact) mass is 451 g/mol. The Hall–Kier alpha value is -0.600. The van der Waals surface area contributed by atoms with Crippen LogP contribution in [-0.2, 0) is 6.54 Å². The first-order valence-electron chi connectivity index (χ1n) is 5.50. The average Bonchev–Trinajstić information content (AvgIpc) is 2.76. The van der Waals surface area contributed by atoms with Crippen LogP contribution >= 0.6 is 51.2 Å². The molecule has 3 N–H and O–H groups in total. The molecule has 0 unspecified atom stereocenters.